The van der Waals surface area contributed by atoms with Gasteiger partial charge < -0.3 is 4.74 Å². The number of hydrogen-bond acceptors (Lipinski definition) is 5. The largest absolute Gasteiger partial charge is 0.493 e. The molecule has 1 atom stereocenters. The van der Waals surface area contributed by atoms with E-state index in [0.29, 0.717) is 31.7 Å². The number of rotatable bonds is 9. The Bertz CT molecular complexity index is 1150. The Hall–Kier alpha value is -1.94. The first-order chi connectivity index (χ1) is 15.6. The van der Waals surface area contributed by atoms with Crippen LogP contribution in [0, 0.1) is 20.8 Å². The van der Waals surface area contributed by atoms with E-state index in [1.54, 1.807) is 40.7 Å². The molecule has 1 aliphatic heterocycles. The Labute approximate surface area is 198 Å². The van der Waals surface area contributed by atoms with Gasteiger partial charge in [-0.05, 0) is 82.3 Å². The summed E-state index contributed by atoms with van der Waals surface area (Å²) in [6.45, 7) is 8.58. The molecule has 0 aliphatic carbocycles. The van der Waals surface area contributed by atoms with Crippen molar-refractivity contribution in [2.75, 3.05) is 19.7 Å². The minimum Gasteiger partial charge on any atom is -0.493 e. The van der Waals surface area contributed by atoms with Crippen LogP contribution in [0.25, 0.3) is 0 Å². The number of aryl methyl sites for hydroxylation is 3. The molecule has 0 radical (unpaired) electrons. The van der Waals surface area contributed by atoms with Crippen LogP contribution in [0.1, 0.15) is 49.3 Å². The van der Waals surface area contributed by atoms with Gasteiger partial charge >= 0.3 is 0 Å². The van der Waals surface area contributed by atoms with Crippen LogP contribution in [-0.4, -0.2) is 46.9 Å². The highest BCUT2D eigenvalue weighted by Crippen LogP contribution is 2.28. The number of benzene rings is 2. The minimum absolute atomic E-state index is 0.165. The fourth-order valence-corrected chi connectivity index (χ4v) is 7.25. The van der Waals surface area contributed by atoms with Crippen LogP contribution in [0.15, 0.2) is 46.2 Å². The summed E-state index contributed by atoms with van der Waals surface area (Å²) >= 11 is 0. The topological polar surface area (TPSA) is 92.8 Å². The number of nitrogens with one attached hydrogen (secondary N) is 1. The Kier molecular flexibility index (Phi) is 8.21. The van der Waals surface area contributed by atoms with Gasteiger partial charge in [0.1, 0.15) is 5.75 Å². The molecule has 7 nitrogen and oxygen atoms in total. The molecule has 1 fully saturated rings. The third-order valence-corrected chi connectivity index (χ3v) is 9.41. The molecule has 2 aromatic rings. The highest BCUT2D eigenvalue weighted by atomic mass is 32.2. The van der Waals surface area contributed by atoms with Crippen LogP contribution in [0.2, 0.25) is 0 Å². The maximum Gasteiger partial charge on any atom is 0.243 e. The van der Waals surface area contributed by atoms with E-state index in [0.717, 1.165) is 29.5 Å². The first kappa shape index (κ1) is 25.7. The standard InChI is InChI=1S/C24H34N2O5S2/c1-5-31-24-19(3)16-23(17-20(24)4)32(27,28)25-14-13-21-8-6-7-15-26(21)33(29,30)22-11-9-18(2)10-12-22/h9-12,16-17,21,25H,5-8,13-15H2,1-4H3. The Morgan fingerprint density at radius 3 is 2.21 bits per heavy atom. The molecule has 1 aliphatic rings. The van der Waals surface area contributed by atoms with E-state index in [1.807, 2.05) is 27.7 Å². The lowest BCUT2D eigenvalue weighted by Crippen LogP contribution is -2.45. The molecule has 2 aromatic carbocycles. The molecule has 1 heterocycles. The van der Waals surface area contributed by atoms with Crippen molar-refractivity contribution in [3.8, 4) is 5.75 Å². The van der Waals surface area contributed by atoms with E-state index in [9.17, 15) is 16.8 Å². The molecule has 0 spiro atoms. The molecule has 182 valence electrons. The Balaban J connectivity index is 1.71. The molecular weight excluding hydrogens is 460 g/mol. The summed E-state index contributed by atoms with van der Waals surface area (Å²) in [6.07, 6.45) is 2.86. The average Bonchev–Trinajstić information content (AvgIpc) is 2.76. The van der Waals surface area contributed by atoms with Crippen LogP contribution in [-0.2, 0) is 20.0 Å². The van der Waals surface area contributed by atoms with Crippen molar-refractivity contribution in [1.82, 2.24) is 9.03 Å². The minimum atomic E-state index is -3.72. The van der Waals surface area contributed by atoms with Crippen LogP contribution < -0.4 is 9.46 Å². The third-order valence-electron chi connectivity index (χ3n) is 6.00. The van der Waals surface area contributed by atoms with Gasteiger partial charge in [-0.15, -0.1) is 0 Å². The van der Waals surface area contributed by atoms with Gasteiger partial charge in [-0.3, -0.25) is 0 Å². The van der Waals surface area contributed by atoms with Gasteiger partial charge in [0.15, 0.2) is 0 Å². The summed E-state index contributed by atoms with van der Waals surface area (Å²) in [4.78, 5) is 0.467. The van der Waals surface area contributed by atoms with Crippen molar-refractivity contribution in [2.45, 2.75) is 69.2 Å². The zero-order valence-corrected chi connectivity index (χ0v) is 21.4. The molecule has 0 saturated carbocycles. The van der Waals surface area contributed by atoms with Crippen molar-refractivity contribution in [2.24, 2.45) is 0 Å². The van der Waals surface area contributed by atoms with E-state index >= 15 is 0 Å². The maximum atomic E-state index is 13.2. The first-order valence-corrected chi connectivity index (χ1v) is 14.3. The fourth-order valence-electron chi connectivity index (χ4n) is 4.31. The number of sulfonamides is 2. The molecule has 1 unspecified atom stereocenters. The van der Waals surface area contributed by atoms with Crippen LogP contribution in [0.5, 0.6) is 5.75 Å². The summed E-state index contributed by atoms with van der Waals surface area (Å²) in [5.41, 5.74) is 2.53. The lowest BCUT2D eigenvalue weighted by atomic mass is 10.0. The lowest BCUT2D eigenvalue weighted by molar-refractivity contribution is 0.242. The summed E-state index contributed by atoms with van der Waals surface area (Å²) in [6, 6.07) is 9.83. The average molecular weight is 495 g/mol. The van der Waals surface area contributed by atoms with Crippen molar-refractivity contribution in [3.63, 3.8) is 0 Å². The van der Waals surface area contributed by atoms with E-state index in [1.165, 1.54) is 0 Å². The van der Waals surface area contributed by atoms with E-state index in [-0.39, 0.29) is 22.4 Å². The molecule has 9 heteroatoms. The summed E-state index contributed by atoms with van der Waals surface area (Å²) in [5.74, 6) is 0.704. The summed E-state index contributed by atoms with van der Waals surface area (Å²) in [7, 11) is -7.35. The molecule has 1 saturated heterocycles. The smallest absolute Gasteiger partial charge is 0.243 e. The SMILES string of the molecule is CCOc1c(C)cc(S(=O)(=O)NCCC2CCCCN2S(=O)(=O)c2ccc(C)cc2)cc1C. The zero-order valence-electron chi connectivity index (χ0n) is 19.8. The summed E-state index contributed by atoms with van der Waals surface area (Å²) in [5, 5.41) is 0. The van der Waals surface area contributed by atoms with Gasteiger partial charge in [-0.25, -0.2) is 21.6 Å². The van der Waals surface area contributed by atoms with E-state index < -0.39 is 20.0 Å². The molecule has 1 N–H and O–H groups in total. The molecule has 0 amide bonds. The first-order valence-electron chi connectivity index (χ1n) is 11.4. The molecule has 0 bridgehead atoms. The van der Waals surface area contributed by atoms with Crippen molar-refractivity contribution < 1.29 is 21.6 Å². The van der Waals surface area contributed by atoms with Crippen LogP contribution in [0.3, 0.4) is 0 Å². The Morgan fingerprint density at radius 1 is 0.970 bits per heavy atom. The predicted octanol–water partition coefficient (Wildman–Crippen LogP) is 3.92. The second-order valence-electron chi connectivity index (χ2n) is 8.58. The second-order valence-corrected chi connectivity index (χ2v) is 12.2. The molecule has 0 aromatic heterocycles. The van der Waals surface area contributed by atoms with Crippen molar-refractivity contribution >= 4 is 20.0 Å². The number of ether oxygens (including phenoxy) is 1. The number of piperidine rings is 1. The summed E-state index contributed by atoms with van der Waals surface area (Å²) < 4.78 is 62.0. The highest BCUT2D eigenvalue weighted by molar-refractivity contribution is 7.89. The van der Waals surface area contributed by atoms with Gasteiger partial charge in [0.2, 0.25) is 20.0 Å². The van der Waals surface area contributed by atoms with Gasteiger partial charge in [-0.2, -0.15) is 4.31 Å². The zero-order chi connectivity index (χ0) is 24.2. The van der Waals surface area contributed by atoms with Crippen molar-refractivity contribution in [1.29, 1.82) is 0 Å². The van der Waals surface area contributed by atoms with Crippen LogP contribution in [0.4, 0.5) is 0 Å². The van der Waals surface area contributed by atoms with E-state index in [2.05, 4.69) is 4.72 Å². The quantitative estimate of drug-likeness (QED) is 0.570. The normalized spacial score (nSPS) is 17.8. The monoisotopic (exact) mass is 494 g/mol. The molecule has 33 heavy (non-hydrogen) atoms. The van der Waals surface area contributed by atoms with Crippen molar-refractivity contribution in [3.05, 3.63) is 53.1 Å². The maximum absolute atomic E-state index is 13.2. The second kappa shape index (κ2) is 10.5. The third kappa shape index (κ3) is 5.95. The van der Waals surface area contributed by atoms with Gasteiger partial charge in [0.25, 0.3) is 0 Å². The number of nitrogens with zero attached hydrogens (tertiary/aromatic N) is 1. The highest BCUT2D eigenvalue weighted by Gasteiger charge is 2.33. The predicted molar refractivity (Wildman–Crippen MR) is 130 cm³/mol. The molecule has 3 rings (SSSR count). The lowest BCUT2D eigenvalue weighted by Gasteiger charge is -2.34. The fraction of sp³-hybridized carbons (Fsp3) is 0.500. The van der Waals surface area contributed by atoms with Gasteiger partial charge in [0, 0.05) is 19.1 Å². The van der Waals surface area contributed by atoms with Gasteiger partial charge in [0.05, 0.1) is 16.4 Å². The van der Waals surface area contributed by atoms with E-state index in [4.69, 9.17) is 4.74 Å². The number of hydrogen-bond donors (Lipinski definition) is 1. The Morgan fingerprint density at radius 2 is 1.61 bits per heavy atom. The molecular formula is C24H34N2O5S2. The van der Waals surface area contributed by atoms with Crippen LogP contribution >= 0.6 is 0 Å². The van der Waals surface area contributed by atoms with Gasteiger partial charge in [-0.1, -0.05) is 24.1 Å².